The molecule has 0 fully saturated rings. The topological polar surface area (TPSA) is 71.2 Å². The average Bonchev–Trinajstić information content (AvgIpc) is 2.42. The fourth-order valence-corrected chi connectivity index (χ4v) is 2.44. The molecule has 6 heteroatoms. The Morgan fingerprint density at radius 2 is 2.00 bits per heavy atom. The van der Waals surface area contributed by atoms with E-state index in [2.05, 4.69) is 10.3 Å². The molecule has 2 atom stereocenters. The van der Waals surface area contributed by atoms with Crippen molar-refractivity contribution in [3.8, 4) is 0 Å². The number of pyridine rings is 1. The Morgan fingerprint density at radius 1 is 1.35 bits per heavy atom. The molecule has 0 saturated heterocycles. The number of rotatable bonds is 4. The lowest BCUT2D eigenvalue weighted by Crippen LogP contribution is -2.25. The van der Waals surface area contributed by atoms with Crippen LogP contribution in [0.25, 0.3) is 0 Å². The summed E-state index contributed by atoms with van der Waals surface area (Å²) in [6.45, 7) is 1.89. The van der Waals surface area contributed by atoms with Gasteiger partial charge in [0.15, 0.2) is 0 Å². The van der Waals surface area contributed by atoms with E-state index >= 15 is 0 Å². The van der Waals surface area contributed by atoms with Crippen molar-refractivity contribution in [2.75, 3.05) is 5.73 Å². The number of aliphatic hydroxyl groups excluding tert-OH is 1. The van der Waals surface area contributed by atoms with Crippen molar-refractivity contribution in [1.29, 1.82) is 0 Å². The monoisotopic (exact) mass is 387 g/mol. The van der Waals surface area contributed by atoms with Crippen molar-refractivity contribution in [1.82, 2.24) is 10.3 Å². The second kappa shape index (κ2) is 6.47. The number of hydrogen-bond donors (Lipinski definition) is 3. The highest BCUT2D eigenvalue weighted by molar-refractivity contribution is 14.1. The van der Waals surface area contributed by atoms with Gasteiger partial charge in [-0.05, 0) is 53.3 Å². The maximum atomic E-state index is 12.9. The Balaban J connectivity index is 2.12. The van der Waals surface area contributed by atoms with Crippen LogP contribution in [0.4, 0.5) is 10.1 Å². The van der Waals surface area contributed by atoms with Crippen molar-refractivity contribution < 1.29 is 9.50 Å². The minimum absolute atomic E-state index is 0.136. The number of benzene rings is 1. The van der Waals surface area contributed by atoms with Crippen LogP contribution in [0.15, 0.2) is 36.5 Å². The van der Waals surface area contributed by atoms with E-state index in [9.17, 15) is 9.50 Å². The van der Waals surface area contributed by atoms with Crippen LogP contribution in [0.2, 0.25) is 0 Å². The number of nitrogens with zero attached hydrogens (tertiary/aromatic N) is 1. The Hall–Kier alpha value is -1.25. The Labute approximate surface area is 130 Å². The summed E-state index contributed by atoms with van der Waals surface area (Å²) < 4.78 is 13.6. The zero-order valence-electron chi connectivity index (χ0n) is 10.8. The molecule has 0 aliphatic heterocycles. The van der Waals surface area contributed by atoms with Gasteiger partial charge in [0.1, 0.15) is 15.7 Å². The first-order chi connectivity index (χ1) is 9.47. The minimum Gasteiger partial charge on any atom is -0.397 e. The summed E-state index contributed by atoms with van der Waals surface area (Å²) in [5, 5.41) is 13.3. The van der Waals surface area contributed by atoms with E-state index < -0.39 is 6.23 Å². The molecule has 2 aromatic rings. The highest BCUT2D eigenvalue weighted by Crippen LogP contribution is 2.22. The second-order valence-corrected chi connectivity index (χ2v) is 5.51. The number of anilines is 1. The van der Waals surface area contributed by atoms with Crippen molar-refractivity contribution >= 4 is 28.3 Å². The van der Waals surface area contributed by atoms with Gasteiger partial charge in [-0.15, -0.1) is 0 Å². The lowest BCUT2D eigenvalue weighted by Gasteiger charge is -2.20. The smallest absolute Gasteiger partial charge is 0.134 e. The molecule has 0 aliphatic rings. The van der Waals surface area contributed by atoms with Gasteiger partial charge in [0.05, 0.1) is 11.9 Å². The first-order valence-electron chi connectivity index (χ1n) is 6.08. The third-order valence-electron chi connectivity index (χ3n) is 2.96. The van der Waals surface area contributed by atoms with Crippen molar-refractivity contribution in [2.24, 2.45) is 0 Å². The molecule has 1 aromatic heterocycles. The molecule has 1 aromatic carbocycles. The summed E-state index contributed by atoms with van der Waals surface area (Å²) in [4.78, 5) is 4.10. The fraction of sp³-hybridized carbons (Fsp3) is 0.214. The maximum absolute atomic E-state index is 12.9. The Kier molecular flexibility index (Phi) is 4.90. The molecule has 0 spiro atoms. The fourth-order valence-electron chi connectivity index (χ4n) is 1.85. The number of nitrogen functional groups attached to an aromatic ring is 1. The molecule has 4 N–H and O–H groups in total. The van der Waals surface area contributed by atoms with E-state index in [1.165, 1.54) is 12.1 Å². The SMILES string of the molecule is C[C@H](NC(O)c1cc(N)cnc1I)c1ccc(F)cc1. The van der Waals surface area contributed by atoms with Crippen molar-refractivity contribution in [3.63, 3.8) is 0 Å². The van der Waals surface area contributed by atoms with Gasteiger partial charge in [0.2, 0.25) is 0 Å². The molecule has 0 radical (unpaired) electrons. The van der Waals surface area contributed by atoms with Crippen molar-refractivity contribution in [3.05, 3.63) is 57.2 Å². The van der Waals surface area contributed by atoms with Gasteiger partial charge in [-0.2, -0.15) is 0 Å². The number of nitrogens with two attached hydrogens (primary N) is 1. The van der Waals surface area contributed by atoms with E-state index in [1.54, 1.807) is 24.4 Å². The summed E-state index contributed by atoms with van der Waals surface area (Å²) in [6.07, 6.45) is 0.652. The van der Waals surface area contributed by atoms with Crippen LogP contribution in [0.5, 0.6) is 0 Å². The molecule has 0 amide bonds. The number of nitrogens with one attached hydrogen (secondary N) is 1. The molecular weight excluding hydrogens is 372 g/mol. The number of hydrogen-bond acceptors (Lipinski definition) is 4. The summed E-state index contributed by atoms with van der Waals surface area (Å²) in [5.74, 6) is -0.281. The molecule has 0 saturated carbocycles. The van der Waals surface area contributed by atoms with E-state index in [0.29, 0.717) is 15.0 Å². The molecule has 0 bridgehead atoms. The molecule has 106 valence electrons. The molecule has 20 heavy (non-hydrogen) atoms. The van der Waals surface area contributed by atoms with Crippen molar-refractivity contribution in [2.45, 2.75) is 19.2 Å². The van der Waals surface area contributed by atoms with Crippen LogP contribution >= 0.6 is 22.6 Å². The highest BCUT2D eigenvalue weighted by atomic mass is 127. The predicted octanol–water partition coefficient (Wildman–Crippen LogP) is 2.75. The Bertz CT molecular complexity index is 591. The lowest BCUT2D eigenvalue weighted by atomic mass is 10.1. The lowest BCUT2D eigenvalue weighted by molar-refractivity contribution is 0.125. The summed E-state index contributed by atoms with van der Waals surface area (Å²) in [5.41, 5.74) is 7.68. The van der Waals surface area contributed by atoms with E-state index in [4.69, 9.17) is 5.73 Å². The van der Waals surface area contributed by atoms with Crippen LogP contribution in [-0.4, -0.2) is 10.1 Å². The Morgan fingerprint density at radius 3 is 2.65 bits per heavy atom. The third kappa shape index (κ3) is 3.65. The van der Waals surface area contributed by atoms with Crippen LogP contribution < -0.4 is 11.1 Å². The van der Waals surface area contributed by atoms with Crippen LogP contribution in [-0.2, 0) is 0 Å². The molecule has 4 nitrogen and oxygen atoms in total. The van der Waals surface area contributed by atoms with E-state index in [0.717, 1.165) is 5.56 Å². The molecule has 0 aliphatic carbocycles. The quantitative estimate of drug-likeness (QED) is 0.429. The maximum Gasteiger partial charge on any atom is 0.134 e. The van der Waals surface area contributed by atoms with Gasteiger partial charge in [0.25, 0.3) is 0 Å². The number of aromatic nitrogens is 1. The summed E-state index contributed by atoms with van der Waals surface area (Å²) in [6, 6.07) is 7.70. The van der Waals surface area contributed by atoms with Gasteiger partial charge < -0.3 is 10.8 Å². The van der Waals surface area contributed by atoms with E-state index in [-0.39, 0.29) is 11.9 Å². The van der Waals surface area contributed by atoms with E-state index in [1.807, 2.05) is 29.5 Å². The van der Waals surface area contributed by atoms with Crippen LogP contribution in [0.3, 0.4) is 0 Å². The zero-order valence-corrected chi connectivity index (χ0v) is 13.0. The second-order valence-electron chi connectivity index (χ2n) is 4.49. The predicted molar refractivity (Wildman–Crippen MR) is 84.3 cm³/mol. The average molecular weight is 387 g/mol. The molecule has 1 heterocycles. The standard InChI is InChI=1S/C14H15FIN3O/c1-8(9-2-4-10(15)5-3-9)19-14(20)12-6-11(17)7-18-13(12)16/h2-8,14,19-20H,17H2,1H3/t8-,14?/m0/s1. The highest BCUT2D eigenvalue weighted by Gasteiger charge is 2.16. The summed E-state index contributed by atoms with van der Waals surface area (Å²) in [7, 11) is 0. The van der Waals surface area contributed by atoms with Crippen LogP contribution in [0, 0.1) is 9.52 Å². The molecule has 1 unspecified atom stereocenters. The molecule has 2 rings (SSSR count). The van der Waals surface area contributed by atoms with Gasteiger partial charge in [0, 0.05) is 11.6 Å². The van der Waals surface area contributed by atoms with Gasteiger partial charge in [-0.1, -0.05) is 12.1 Å². The third-order valence-corrected chi connectivity index (χ3v) is 3.86. The first-order valence-corrected chi connectivity index (χ1v) is 7.15. The summed E-state index contributed by atoms with van der Waals surface area (Å²) >= 11 is 2.04. The zero-order chi connectivity index (χ0) is 14.7. The first kappa shape index (κ1) is 15.1. The molecular formula is C14H15FIN3O. The number of aliphatic hydroxyl groups is 1. The van der Waals surface area contributed by atoms with Gasteiger partial charge in [-0.25, -0.2) is 9.37 Å². The number of halogens is 2. The largest absolute Gasteiger partial charge is 0.397 e. The normalized spacial score (nSPS) is 14.0. The van der Waals surface area contributed by atoms with Crippen LogP contribution in [0.1, 0.15) is 30.3 Å². The van der Waals surface area contributed by atoms with Gasteiger partial charge in [-0.3, -0.25) is 5.32 Å². The minimum atomic E-state index is -0.891. The van der Waals surface area contributed by atoms with Gasteiger partial charge >= 0.3 is 0 Å².